The van der Waals surface area contributed by atoms with E-state index in [4.69, 9.17) is 4.74 Å². The highest BCUT2D eigenvalue weighted by atomic mass is 16.5. The average molecular weight is 150 g/mol. The Balaban J connectivity index is 1.92. The summed E-state index contributed by atoms with van der Waals surface area (Å²) in [5.74, 6) is 1.42. The van der Waals surface area contributed by atoms with Gasteiger partial charge in [0.15, 0.2) is 0 Å². The summed E-state index contributed by atoms with van der Waals surface area (Å²) in [5, 5.41) is 0. The third kappa shape index (κ3) is 1.14. The minimum atomic E-state index is 0.480. The van der Waals surface area contributed by atoms with Gasteiger partial charge in [-0.25, -0.2) is 0 Å². The molecular formula is C10H14O. The SMILES string of the molecule is C=CCOC1[C@@H]2C=C[C@H]1CC2. The van der Waals surface area contributed by atoms with E-state index in [1.165, 1.54) is 12.8 Å². The third-order valence-corrected chi connectivity index (χ3v) is 2.69. The smallest absolute Gasteiger partial charge is 0.0704 e. The molecule has 0 aromatic carbocycles. The topological polar surface area (TPSA) is 9.23 Å². The summed E-state index contributed by atoms with van der Waals surface area (Å²) in [6.45, 7) is 4.35. The van der Waals surface area contributed by atoms with Gasteiger partial charge < -0.3 is 4.74 Å². The molecule has 2 bridgehead atoms. The highest BCUT2D eigenvalue weighted by Crippen LogP contribution is 2.40. The van der Waals surface area contributed by atoms with Crippen molar-refractivity contribution in [3.05, 3.63) is 24.8 Å². The molecule has 1 saturated carbocycles. The molecule has 0 spiro atoms. The lowest BCUT2D eigenvalue weighted by Crippen LogP contribution is -2.18. The minimum absolute atomic E-state index is 0.480. The molecular weight excluding hydrogens is 136 g/mol. The molecule has 0 amide bonds. The molecule has 1 fully saturated rings. The van der Waals surface area contributed by atoms with Crippen LogP contribution in [0.1, 0.15) is 12.8 Å². The van der Waals surface area contributed by atoms with E-state index in [2.05, 4.69) is 18.7 Å². The predicted molar refractivity (Wildman–Crippen MR) is 45.3 cm³/mol. The second-order valence-electron chi connectivity index (χ2n) is 3.38. The highest BCUT2D eigenvalue weighted by molar-refractivity contribution is 5.12. The first-order chi connectivity index (χ1) is 5.42. The molecule has 0 saturated heterocycles. The standard InChI is InChI=1S/C10H14O/c1-2-7-11-10-8-3-4-9(10)6-5-8/h2-4,8-10H,1,5-7H2/t8-,9+,10?. The lowest BCUT2D eigenvalue weighted by atomic mass is 10.1. The highest BCUT2D eigenvalue weighted by Gasteiger charge is 2.37. The van der Waals surface area contributed by atoms with Gasteiger partial charge in [-0.2, -0.15) is 0 Å². The molecule has 2 aliphatic carbocycles. The van der Waals surface area contributed by atoms with Gasteiger partial charge in [0.25, 0.3) is 0 Å². The van der Waals surface area contributed by atoms with Crippen molar-refractivity contribution in [2.75, 3.05) is 6.61 Å². The molecule has 2 rings (SSSR count). The van der Waals surface area contributed by atoms with Crippen LogP contribution in [0.4, 0.5) is 0 Å². The fourth-order valence-corrected chi connectivity index (χ4v) is 2.15. The van der Waals surface area contributed by atoms with Crippen LogP contribution in [0.15, 0.2) is 24.8 Å². The molecule has 0 aromatic heterocycles. The van der Waals surface area contributed by atoms with Crippen molar-refractivity contribution in [1.29, 1.82) is 0 Å². The fourth-order valence-electron chi connectivity index (χ4n) is 2.15. The molecule has 0 radical (unpaired) electrons. The Morgan fingerprint density at radius 3 is 2.45 bits per heavy atom. The Bertz CT molecular complexity index is 169. The van der Waals surface area contributed by atoms with Gasteiger partial charge in [-0.05, 0) is 12.8 Å². The van der Waals surface area contributed by atoms with Crippen LogP contribution in [0.2, 0.25) is 0 Å². The van der Waals surface area contributed by atoms with Crippen LogP contribution in [-0.2, 0) is 4.74 Å². The molecule has 1 heteroatoms. The summed E-state index contributed by atoms with van der Waals surface area (Å²) in [6.07, 6.45) is 9.57. The maximum absolute atomic E-state index is 5.66. The van der Waals surface area contributed by atoms with Crippen LogP contribution in [0.3, 0.4) is 0 Å². The number of fused-ring (bicyclic) bond motifs is 2. The fraction of sp³-hybridized carbons (Fsp3) is 0.600. The molecule has 1 nitrogen and oxygen atoms in total. The number of hydrogen-bond acceptors (Lipinski definition) is 1. The second-order valence-corrected chi connectivity index (χ2v) is 3.38. The molecule has 11 heavy (non-hydrogen) atoms. The number of rotatable bonds is 3. The molecule has 0 aliphatic heterocycles. The van der Waals surface area contributed by atoms with Crippen LogP contribution in [0, 0.1) is 11.8 Å². The zero-order chi connectivity index (χ0) is 7.68. The van der Waals surface area contributed by atoms with E-state index < -0.39 is 0 Å². The van der Waals surface area contributed by atoms with Crippen LogP contribution >= 0.6 is 0 Å². The van der Waals surface area contributed by atoms with Crippen molar-refractivity contribution in [2.24, 2.45) is 11.8 Å². The molecule has 2 aliphatic rings. The first-order valence-corrected chi connectivity index (χ1v) is 4.32. The van der Waals surface area contributed by atoms with E-state index in [1.54, 1.807) is 0 Å². The lowest BCUT2D eigenvalue weighted by molar-refractivity contribution is 0.0478. The Labute approximate surface area is 67.7 Å². The summed E-state index contributed by atoms with van der Waals surface area (Å²) in [5.41, 5.74) is 0. The first kappa shape index (κ1) is 7.11. The van der Waals surface area contributed by atoms with Crippen molar-refractivity contribution < 1.29 is 4.74 Å². The number of hydrogen-bond donors (Lipinski definition) is 0. The van der Waals surface area contributed by atoms with E-state index in [1.807, 2.05) is 6.08 Å². The predicted octanol–water partition coefficient (Wildman–Crippen LogP) is 2.15. The van der Waals surface area contributed by atoms with Crippen molar-refractivity contribution >= 4 is 0 Å². The molecule has 1 unspecified atom stereocenters. The van der Waals surface area contributed by atoms with E-state index >= 15 is 0 Å². The van der Waals surface area contributed by atoms with E-state index in [0.29, 0.717) is 24.5 Å². The van der Waals surface area contributed by atoms with E-state index in [-0.39, 0.29) is 0 Å². The summed E-state index contributed by atoms with van der Waals surface area (Å²) in [6, 6.07) is 0. The second kappa shape index (κ2) is 2.82. The van der Waals surface area contributed by atoms with Gasteiger partial charge in [-0.3, -0.25) is 0 Å². The molecule has 60 valence electrons. The summed E-state index contributed by atoms with van der Waals surface area (Å²) in [4.78, 5) is 0. The van der Waals surface area contributed by atoms with Gasteiger partial charge in [-0.1, -0.05) is 18.2 Å². The molecule has 0 N–H and O–H groups in total. The summed E-state index contributed by atoms with van der Waals surface area (Å²) >= 11 is 0. The van der Waals surface area contributed by atoms with Crippen molar-refractivity contribution in [2.45, 2.75) is 18.9 Å². The van der Waals surface area contributed by atoms with E-state index in [9.17, 15) is 0 Å². The quantitative estimate of drug-likeness (QED) is 0.560. The average Bonchev–Trinajstić information content (AvgIpc) is 2.59. The molecule has 3 atom stereocenters. The Kier molecular flexibility index (Phi) is 1.82. The monoisotopic (exact) mass is 150 g/mol. The van der Waals surface area contributed by atoms with Gasteiger partial charge in [0.2, 0.25) is 0 Å². The van der Waals surface area contributed by atoms with Gasteiger partial charge >= 0.3 is 0 Å². The maximum atomic E-state index is 5.66. The Morgan fingerprint density at radius 1 is 1.36 bits per heavy atom. The van der Waals surface area contributed by atoms with Crippen LogP contribution in [0.25, 0.3) is 0 Å². The maximum Gasteiger partial charge on any atom is 0.0704 e. The van der Waals surface area contributed by atoms with Gasteiger partial charge in [-0.15, -0.1) is 6.58 Å². The first-order valence-electron chi connectivity index (χ1n) is 4.32. The van der Waals surface area contributed by atoms with Crippen LogP contribution in [-0.4, -0.2) is 12.7 Å². The Hall–Kier alpha value is -0.560. The van der Waals surface area contributed by atoms with Crippen LogP contribution < -0.4 is 0 Å². The van der Waals surface area contributed by atoms with Gasteiger partial charge in [0.1, 0.15) is 0 Å². The van der Waals surface area contributed by atoms with Crippen molar-refractivity contribution in [3.8, 4) is 0 Å². The normalized spacial score (nSPS) is 39.8. The summed E-state index contributed by atoms with van der Waals surface area (Å²) < 4.78 is 5.66. The zero-order valence-corrected chi connectivity index (χ0v) is 6.70. The van der Waals surface area contributed by atoms with Gasteiger partial charge in [0.05, 0.1) is 12.7 Å². The van der Waals surface area contributed by atoms with Crippen molar-refractivity contribution in [3.63, 3.8) is 0 Å². The summed E-state index contributed by atoms with van der Waals surface area (Å²) in [7, 11) is 0. The Morgan fingerprint density at radius 2 is 2.00 bits per heavy atom. The largest absolute Gasteiger partial charge is 0.373 e. The van der Waals surface area contributed by atoms with Crippen molar-refractivity contribution in [1.82, 2.24) is 0 Å². The third-order valence-electron chi connectivity index (χ3n) is 2.69. The number of ether oxygens (including phenoxy) is 1. The van der Waals surface area contributed by atoms with Crippen LogP contribution in [0.5, 0.6) is 0 Å². The minimum Gasteiger partial charge on any atom is -0.373 e. The zero-order valence-electron chi connectivity index (χ0n) is 6.70. The molecule has 0 heterocycles. The van der Waals surface area contributed by atoms with E-state index in [0.717, 1.165) is 0 Å². The van der Waals surface area contributed by atoms with Gasteiger partial charge in [0, 0.05) is 11.8 Å². The lowest BCUT2D eigenvalue weighted by Gasteiger charge is -2.14. The molecule has 0 aromatic rings.